The minimum Gasteiger partial charge on any atom is -0.512 e. The quantitative estimate of drug-likeness (QED) is 0.134. The molecule has 0 atom stereocenters. The molecule has 2 heterocycles. The van der Waals surface area contributed by atoms with E-state index >= 15 is 0 Å². The van der Waals surface area contributed by atoms with Gasteiger partial charge in [-0.25, -0.2) is 9.97 Å². The Hall–Kier alpha value is -4.79. The van der Waals surface area contributed by atoms with E-state index in [1.54, 1.807) is 39.5 Å². The number of methoxy groups -OCH3 is 3. The number of ether oxygens (including phenoxy) is 3. The summed E-state index contributed by atoms with van der Waals surface area (Å²) in [5.74, 6) is 1.87. The van der Waals surface area contributed by atoms with E-state index in [4.69, 9.17) is 18.6 Å². The number of benzene rings is 2. The lowest BCUT2D eigenvalue weighted by atomic mass is 10.1. The van der Waals surface area contributed by atoms with Crippen molar-refractivity contribution in [2.45, 2.75) is 26.4 Å². The first kappa shape index (κ1) is 27.3. The Morgan fingerprint density at radius 3 is 2.03 bits per heavy atom. The largest absolute Gasteiger partial charge is 0.512 e. The van der Waals surface area contributed by atoms with Crippen molar-refractivity contribution in [3.05, 3.63) is 95.5 Å². The highest BCUT2D eigenvalue weighted by Gasteiger charge is 2.26. The van der Waals surface area contributed by atoms with Gasteiger partial charge in [-0.3, -0.25) is 4.79 Å². The van der Waals surface area contributed by atoms with Crippen LogP contribution in [0.2, 0.25) is 0 Å². The molecule has 0 spiro atoms. The number of hydrogen-bond donors (Lipinski definition) is 1. The van der Waals surface area contributed by atoms with Gasteiger partial charge in [-0.1, -0.05) is 31.2 Å². The summed E-state index contributed by atoms with van der Waals surface area (Å²) < 4.78 is 22.1. The van der Waals surface area contributed by atoms with Crippen LogP contribution in [0.4, 0.5) is 5.88 Å². The molecule has 0 aliphatic rings. The van der Waals surface area contributed by atoms with Gasteiger partial charge in [0.1, 0.15) is 11.5 Å². The molecule has 0 saturated heterocycles. The van der Waals surface area contributed by atoms with E-state index in [0.717, 1.165) is 22.6 Å². The number of carbonyl (C=O) groups excluding carboxylic acids is 1. The van der Waals surface area contributed by atoms with Gasteiger partial charge in [0, 0.05) is 43.4 Å². The molecule has 0 aliphatic carbocycles. The predicted molar refractivity (Wildman–Crippen MR) is 147 cm³/mol. The Kier molecular flexibility index (Phi) is 8.83. The maximum Gasteiger partial charge on any atom is 0.229 e. The van der Waals surface area contributed by atoms with Gasteiger partial charge >= 0.3 is 0 Å². The zero-order valence-electron chi connectivity index (χ0n) is 22.4. The van der Waals surface area contributed by atoms with Crippen molar-refractivity contribution in [1.29, 1.82) is 0 Å². The average molecular weight is 530 g/mol. The number of ketones is 1. The lowest BCUT2D eigenvalue weighted by Crippen LogP contribution is -2.23. The smallest absolute Gasteiger partial charge is 0.229 e. The molecule has 0 aliphatic heterocycles. The molecule has 4 rings (SSSR count). The van der Waals surface area contributed by atoms with E-state index in [-0.39, 0.29) is 23.2 Å². The minimum atomic E-state index is -0.463. The summed E-state index contributed by atoms with van der Waals surface area (Å²) in [4.78, 5) is 24.0. The summed E-state index contributed by atoms with van der Waals surface area (Å²) in [7, 11) is 4.75. The van der Waals surface area contributed by atoms with Crippen LogP contribution < -0.4 is 19.1 Å². The van der Waals surface area contributed by atoms with Gasteiger partial charge in [0.15, 0.2) is 5.69 Å². The summed E-state index contributed by atoms with van der Waals surface area (Å²) in [6.45, 7) is 2.58. The van der Waals surface area contributed by atoms with Crippen LogP contribution >= 0.6 is 0 Å². The van der Waals surface area contributed by atoms with Crippen LogP contribution in [0.1, 0.15) is 35.0 Å². The van der Waals surface area contributed by atoms with E-state index in [0.29, 0.717) is 31.0 Å². The molecule has 202 valence electrons. The molecule has 9 heteroatoms. The molecule has 2 aromatic carbocycles. The van der Waals surface area contributed by atoms with Gasteiger partial charge in [-0.15, -0.1) is 0 Å². The summed E-state index contributed by atoms with van der Waals surface area (Å²) >= 11 is 0. The first-order valence-corrected chi connectivity index (χ1v) is 12.4. The van der Waals surface area contributed by atoms with Gasteiger partial charge in [-0.05, 0) is 41.5 Å². The maximum absolute atomic E-state index is 13.3. The zero-order chi connectivity index (χ0) is 27.8. The summed E-state index contributed by atoms with van der Waals surface area (Å²) in [6, 6.07) is 18.7. The molecular weight excluding hydrogens is 498 g/mol. The Balaban J connectivity index is 1.81. The van der Waals surface area contributed by atoms with Crippen molar-refractivity contribution >= 4 is 11.7 Å². The number of allylic oxidation sites excluding steroid dienone is 2. The predicted octanol–water partition coefficient (Wildman–Crippen LogP) is 6.00. The molecule has 0 unspecified atom stereocenters. The molecule has 39 heavy (non-hydrogen) atoms. The number of aliphatic hydroxyl groups excluding tert-OH is 1. The molecule has 0 saturated carbocycles. The number of aliphatic hydroxyl groups is 1. The molecule has 0 fully saturated rings. The third kappa shape index (κ3) is 6.75. The van der Waals surface area contributed by atoms with E-state index < -0.39 is 5.78 Å². The van der Waals surface area contributed by atoms with Crippen molar-refractivity contribution in [1.82, 2.24) is 9.97 Å². The van der Waals surface area contributed by atoms with E-state index in [9.17, 15) is 9.90 Å². The number of aromatic nitrogens is 2. The zero-order valence-corrected chi connectivity index (χ0v) is 22.4. The monoisotopic (exact) mass is 529 g/mol. The second-order valence-corrected chi connectivity index (χ2v) is 8.67. The average Bonchev–Trinajstić information content (AvgIpc) is 3.43. The fourth-order valence-electron chi connectivity index (χ4n) is 3.89. The van der Waals surface area contributed by atoms with Gasteiger partial charge in [0.05, 0.1) is 27.1 Å². The van der Waals surface area contributed by atoms with Crippen LogP contribution in [0.5, 0.6) is 17.4 Å². The van der Waals surface area contributed by atoms with Crippen molar-refractivity contribution in [2.75, 3.05) is 26.2 Å². The third-order valence-corrected chi connectivity index (χ3v) is 6.05. The topological polar surface area (TPSA) is 107 Å². The Labute approximate surface area is 227 Å². The fourth-order valence-corrected chi connectivity index (χ4v) is 3.89. The highest BCUT2D eigenvalue weighted by atomic mass is 16.5. The third-order valence-electron chi connectivity index (χ3n) is 6.05. The van der Waals surface area contributed by atoms with E-state index in [2.05, 4.69) is 9.97 Å². The second-order valence-electron chi connectivity index (χ2n) is 8.67. The number of oxazole rings is 1. The second kappa shape index (κ2) is 12.6. The number of nitrogens with zero attached hydrogens (tertiary/aromatic N) is 3. The number of pyridine rings is 1. The van der Waals surface area contributed by atoms with Crippen LogP contribution in [0.3, 0.4) is 0 Å². The normalized spacial score (nSPS) is 11.2. The lowest BCUT2D eigenvalue weighted by Gasteiger charge is -2.23. The fraction of sp³-hybridized carbons (Fsp3) is 0.233. The van der Waals surface area contributed by atoms with Gasteiger partial charge in [0.25, 0.3) is 0 Å². The molecule has 2 aromatic heterocycles. The maximum atomic E-state index is 13.3. The van der Waals surface area contributed by atoms with Crippen molar-refractivity contribution < 1.29 is 28.5 Å². The Bertz CT molecular complexity index is 1380. The van der Waals surface area contributed by atoms with Crippen molar-refractivity contribution in [2.24, 2.45) is 0 Å². The molecule has 0 radical (unpaired) electrons. The number of anilines is 1. The highest BCUT2D eigenvalue weighted by Crippen LogP contribution is 2.33. The van der Waals surface area contributed by atoms with Crippen LogP contribution in [0.25, 0.3) is 11.5 Å². The molecule has 9 nitrogen and oxygen atoms in total. The molecule has 0 bridgehead atoms. The molecule has 1 N–H and O–H groups in total. The summed E-state index contributed by atoms with van der Waals surface area (Å²) in [5, 5.41) is 10.1. The van der Waals surface area contributed by atoms with Crippen LogP contribution in [0, 0.1) is 0 Å². The Morgan fingerprint density at radius 2 is 1.51 bits per heavy atom. The van der Waals surface area contributed by atoms with Crippen LogP contribution in [-0.4, -0.2) is 42.2 Å². The highest BCUT2D eigenvalue weighted by molar-refractivity contribution is 6.06. The van der Waals surface area contributed by atoms with Gasteiger partial charge in [0.2, 0.25) is 23.4 Å². The van der Waals surface area contributed by atoms with Crippen LogP contribution in [0.15, 0.2) is 83.1 Å². The molecular formula is C30H31N3O6. The summed E-state index contributed by atoms with van der Waals surface area (Å²) in [5.41, 5.74) is 2.62. The molecule has 4 aromatic rings. The SMILES string of the molecule is CCC(O)=CC(=O)c1nc(-c2ccnc(OC)c2)oc1N(Cc1ccc(OC)cc1)Cc1ccc(OC)cc1. The first-order valence-electron chi connectivity index (χ1n) is 12.4. The number of hydrogen-bond acceptors (Lipinski definition) is 9. The lowest BCUT2D eigenvalue weighted by molar-refractivity contribution is 0.103. The Morgan fingerprint density at radius 1 is 0.923 bits per heavy atom. The van der Waals surface area contributed by atoms with E-state index in [1.807, 2.05) is 53.4 Å². The standard InChI is InChI=1S/C30H31N3O6/c1-5-23(34)17-26(35)28-30(39-29(32-28)22-14-15-31-27(16-22)38-4)33(18-20-6-10-24(36-2)11-7-20)19-21-8-12-25(37-3)13-9-21/h6-17,34H,5,18-19H2,1-4H3. The van der Waals surface area contributed by atoms with Crippen molar-refractivity contribution in [3.63, 3.8) is 0 Å². The first-order chi connectivity index (χ1) is 18.9. The van der Waals surface area contributed by atoms with E-state index in [1.165, 1.54) is 13.2 Å². The van der Waals surface area contributed by atoms with Gasteiger partial charge in [-0.2, -0.15) is 0 Å². The van der Waals surface area contributed by atoms with Crippen molar-refractivity contribution in [3.8, 4) is 28.8 Å². The molecule has 0 amide bonds. The van der Waals surface area contributed by atoms with Crippen LogP contribution in [-0.2, 0) is 13.1 Å². The van der Waals surface area contributed by atoms with Gasteiger partial charge < -0.3 is 28.6 Å². The number of carbonyl (C=O) groups is 1. The minimum absolute atomic E-state index is 0.0436. The number of rotatable bonds is 12. The summed E-state index contributed by atoms with van der Waals surface area (Å²) in [6.07, 6.45) is 3.07.